The molecule has 1 N–H and O–H groups in total. The summed E-state index contributed by atoms with van der Waals surface area (Å²) in [5.41, 5.74) is 1.35. The lowest BCUT2D eigenvalue weighted by atomic mass is 10.3. The largest absolute Gasteiger partial charge is 0.431 e. The van der Waals surface area contributed by atoms with Gasteiger partial charge in [0.2, 0.25) is 11.8 Å². The Morgan fingerprint density at radius 3 is 2.93 bits per heavy atom. The molecule has 3 aromatic heterocycles. The predicted octanol–water partition coefficient (Wildman–Crippen LogP) is 4.02. The van der Waals surface area contributed by atoms with Gasteiger partial charge in [-0.2, -0.15) is 4.98 Å². The number of oxazole rings is 1. The van der Waals surface area contributed by atoms with E-state index < -0.39 is 0 Å². The van der Waals surface area contributed by atoms with E-state index in [0.29, 0.717) is 56.8 Å². The van der Waals surface area contributed by atoms with Gasteiger partial charge in [0.05, 0.1) is 5.75 Å². The van der Waals surface area contributed by atoms with E-state index in [1.54, 1.807) is 31.2 Å². The van der Waals surface area contributed by atoms with E-state index >= 15 is 0 Å². The molecule has 11 heteroatoms. The molecule has 4 rings (SSSR count). The second-order valence-electron chi connectivity index (χ2n) is 5.86. The number of aryl methyl sites for hydroxylation is 2. The van der Waals surface area contributed by atoms with Gasteiger partial charge < -0.3 is 18.8 Å². The maximum atomic E-state index is 11.9. The molecular formula is C17H14ClN5O4S. The van der Waals surface area contributed by atoms with Crippen molar-refractivity contribution in [1.82, 2.24) is 20.3 Å². The molecule has 0 aliphatic carbocycles. The van der Waals surface area contributed by atoms with Crippen molar-refractivity contribution in [2.24, 2.45) is 0 Å². The molecule has 3 heterocycles. The molecular weight excluding hydrogens is 406 g/mol. The zero-order chi connectivity index (χ0) is 19.5. The van der Waals surface area contributed by atoms with E-state index in [4.69, 9.17) is 25.1 Å². The van der Waals surface area contributed by atoms with Gasteiger partial charge in [0.15, 0.2) is 17.2 Å². The first-order valence-electron chi connectivity index (χ1n) is 8.29. The average Bonchev–Trinajstić information content (AvgIpc) is 3.37. The number of nitrogens with zero attached hydrogens (tertiary/aromatic N) is 4. The SMILES string of the molecule is Cc1cc(NC(=O)CCc2nc(CSc3nc4cc(Cl)ccc4o3)no2)no1. The van der Waals surface area contributed by atoms with Crippen molar-refractivity contribution >= 4 is 46.2 Å². The topological polar surface area (TPSA) is 120 Å². The predicted molar refractivity (Wildman–Crippen MR) is 101 cm³/mol. The molecule has 28 heavy (non-hydrogen) atoms. The number of rotatable bonds is 7. The molecule has 0 aliphatic rings. The minimum Gasteiger partial charge on any atom is -0.431 e. The van der Waals surface area contributed by atoms with Crippen LogP contribution < -0.4 is 5.32 Å². The van der Waals surface area contributed by atoms with Gasteiger partial charge in [-0.3, -0.25) is 4.79 Å². The molecule has 0 atom stereocenters. The molecule has 4 aromatic rings. The smallest absolute Gasteiger partial charge is 0.257 e. The monoisotopic (exact) mass is 419 g/mol. The first kappa shape index (κ1) is 18.5. The fourth-order valence-electron chi connectivity index (χ4n) is 2.37. The van der Waals surface area contributed by atoms with Crippen molar-refractivity contribution in [1.29, 1.82) is 0 Å². The van der Waals surface area contributed by atoms with Gasteiger partial charge in [0.1, 0.15) is 11.3 Å². The molecule has 1 amide bonds. The van der Waals surface area contributed by atoms with Crippen LogP contribution in [-0.4, -0.2) is 26.2 Å². The zero-order valence-electron chi connectivity index (χ0n) is 14.6. The molecule has 0 saturated heterocycles. The summed E-state index contributed by atoms with van der Waals surface area (Å²) in [5, 5.41) is 11.3. The van der Waals surface area contributed by atoms with Crippen molar-refractivity contribution in [2.45, 2.75) is 30.7 Å². The molecule has 0 aliphatic heterocycles. The summed E-state index contributed by atoms with van der Waals surface area (Å²) in [5.74, 6) is 2.09. The van der Waals surface area contributed by atoms with Gasteiger partial charge in [0, 0.05) is 23.9 Å². The lowest BCUT2D eigenvalue weighted by molar-refractivity contribution is -0.116. The number of benzene rings is 1. The Morgan fingerprint density at radius 1 is 1.21 bits per heavy atom. The fourth-order valence-corrected chi connectivity index (χ4v) is 3.22. The van der Waals surface area contributed by atoms with E-state index in [2.05, 4.69) is 25.6 Å². The highest BCUT2D eigenvalue weighted by Gasteiger charge is 2.13. The average molecular weight is 420 g/mol. The van der Waals surface area contributed by atoms with Crippen LogP contribution in [-0.2, 0) is 17.0 Å². The Bertz CT molecular complexity index is 1120. The molecule has 0 spiro atoms. The number of fused-ring (bicyclic) bond motifs is 1. The summed E-state index contributed by atoms with van der Waals surface area (Å²) in [6, 6.07) is 6.89. The summed E-state index contributed by atoms with van der Waals surface area (Å²) in [6.07, 6.45) is 0.508. The number of halogens is 1. The number of anilines is 1. The van der Waals surface area contributed by atoms with E-state index in [9.17, 15) is 4.79 Å². The lowest BCUT2D eigenvalue weighted by Crippen LogP contribution is -2.12. The van der Waals surface area contributed by atoms with Crippen LogP contribution in [0.1, 0.15) is 23.9 Å². The Morgan fingerprint density at radius 2 is 2.11 bits per heavy atom. The van der Waals surface area contributed by atoms with E-state index in [1.807, 2.05) is 0 Å². The maximum absolute atomic E-state index is 11.9. The van der Waals surface area contributed by atoms with Gasteiger partial charge >= 0.3 is 0 Å². The van der Waals surface area contributed by atoms with Crippen LogP contribution in [0.2, 0.25) is 5.02 Å². The van der Waals surface area contributed by atoms with Crippen LogP contribution in [0.15, 0.2) is 43.0 Å². The Labute approximate surface area is 167 Å². The van der Waals surface area contributed by atoms with E-state index in [-0.39, 0.29) is 12.3 Å². The van der Waals surface area contributed by atoms with Gasteiger partial charge in [-0.05, 0) is 25.1 Å². The molecule has 0 saturated carbocycles. The van der Waals surface area contributed by atoms with Gasteiger partial charge in [-0.25, -0.2) is 4.98 Å². The molecule has 0 fully saturated rings. The van der Waals surface area contributed by atoms with E-state index in [1.165, 1.54) is 11.8 Å². The third-order valence-corrected chi connectivity index (χ3v) is 4.69. The van der Waals surface area contributed by atoms with Crippen molar-refractivity contribution in [3.05, 3.63) is 46.8 Å². The quantitative estimate of drug-likeness (QED) is 0.442. The number of aromatic nitrogens is 4. The van der Waals surface area contributed by atoms with Crippen LogP contribution in [0.25, 0.3) is 11.1 Å². The summed E-state index contributed by atoms with van der Waals surface area (Å²) in [4.78, 5) is 20.5. The Balaban J connectivity index is 1.28. The van der Waals surface area contributed by atoms with Gasteiger partial charge in [-0.15, -0.1) is 0 Å². The van der Waals surface area contributed by atoms with Crippen molar-refractivity contribution in [3.63, 3.8) is 0 Å². The number of hydrogen-bond donors (Lipinski definition) is 1. The fraction of sp³-hybridized carbons (Fsp3) is 0.235. The third-order valence-electron chi connectivity index (χ3n) is 3.63. The minimum absolute atomic E-state index is 0.187. The molecule has 1 aromatic carbocycles. The van der Waals surface area contributed by atoms with Crippen molar-refractivity contribution < 1.29 is 18.3 Å². The second-order valence-corrected chi connectivity index (χ2v) is 7.22. The van der Waals surface area contributed by atoms with Crippen molar-refractivity contribution in [2.75, 3.05) is 5.32 Å². The number of hydrogen-bond acceptors (Lipinski definition) is 9. The van der Waals surface area contributed by atoms with Gasteiger partial charge in [0.25, 0.3) is 5.22 Å². The zero-order valence-corrected chi connectivity index (χ0v) is 16.2. The summed E-state index contributed by atoms with van der Waals surface area (Å²) in [6.45, 7) is 1.75. The molecule has 0 unspecified atom stereocenters. The lowest BCUT2D eigenvalue weighted by Gasteiger charge is -1.98. The number of nitrogens with one attached hydrogen (secondary N) is 1. The molecule has 0 radical (unpaired) electrons. The highest BCUT2D eigenvalue weighted by molar-refractivity contribution is 7.98. The van der Waals surface area contributed by atoms with Crippen molar-refractivity contribution in [3.8, 4) is 0 Å². The summed E-state index contributed by atoms with van der Waals surface area (Å²) in [7, 11) is 0. The molecule has 144 valence electrons. The maximum Gasteiger partial charge on any atom is 0.257 e. The highest BCUT2D eigenvalue weighted by Crippen LogP contribution is 2.27. The van der Waals surface area contributed by atoms with Crippen LogP contribution in [0, 0.1) is 6.92 Å². The van der Waals surface area contributed by atoms with Crippen LogP contribution >= 0.6 is 23.4 Å². The molecule has 9 nitrogen and oxygen atoms in total. The van der Waals surface area contributed by atoms with Gasteiger partial charge in [-0.1, -0.05) is 33.7 Å². The second kappa shape index (κ2) is 8.03. The van der Waals surface area contributed by atoms with Crippen LogP contribution in [0.4, 0.5) is 5.82 Å². The highest BCUT2D eigenvalue weighted by atomic mass is 35.5. The molecule has 0 bridgehead atoms. The minimum atomic E-state index is -0.215. The number of carbonyl (C=O) groups excluding carboxylic acids is 1. The third kappa shape index (κ3) is 4.52. The summed E-state index contributed by atoms with van der Waals surface area (Å²) < 4.78 is 15.7. The van der Waals surface area contributed by atoms with Crippen LogP contribution in [0.3, 0.4) is 0 Å². The Hall–Kier alpha value is -2.85. The first-order chi connectivity index (χ1) is 13.5. The normalized spacial score (nSPS) is 11.2. The van der Waals surface area contributed by atoms with Crippen LogP contribution in [0.5, 0.6) is 0 Å². The first-order valence-corrected chi connectivity index (χ1v) is 9.65. The number of amides is 1. The number of thioether (sulfide) groups is 1. The number of carbonyl (C=O) groups is 1. The standard InChI is InChI=1S/C17H14ClN5O4S/c1-9-6-13(22-26-9)20-15(24)4-5-16-21-14(23-27-16)8-28-17-19-11-7-10(18)2-3-12(11)25-17/h2-3,6-7H,4-5,8H2,1H3,(H,20,22,24). The van der Waals surface area contributed by atoms with E-state index in [0.717, 1.165) is 0 Å². The Kier molecular flexibility index (Phi) is 5.31. The summed E-state index contributed by atoms with van der Waals surface area (Å²) >= 11 is 7.29.